The third kappa shape index (κ3) is 4.01. The summed E-state index contributed by atoms with van der Waals surface area (Å²) in [5, 5.41) is 24.2. The Kier molecular flexibility index (Phi) is 5.12. The lowest BCUT2D eigenvalue weighted by Crippen LogP contribution is -2.32. The van der Waals surface area contributed by atoms with Crippen LogP contribution in [-0.2, 0) is 6.54 Å². The smallest absolute Gasteiger partial charge is 0.170 e. The highest BCUT2D eigenvalue weighted by Gasteiger charge is 2.15. The molecule has 5 heteroatoms. The van der Waals surface area contributed by atoms with Crippen LogP contribution in [0.1, 0.15) is 25.0 Å². The van der Waals surface area contributed by atoms with Gasteiger partial charge < -0.3 is 21.4 Å². The Morgan fingerprint density at radius 2 is 2.06 bits per heavy atom. The highest BCUT2D eigenvalue weighted by Crippen LogP contribution is 2.13. The highest BCUT2D eigenvalue weighted by molar-refractivity contribution is 5.98. The largest absolute Gasteiger partial charge is 0.409 e. The maximum absolute atomic E-state index is 9.16. The van der Waals surface area contributed by atoms with Gasteiger partial charge in [-0.2, -0.15) is 0 Å². The van der Waals surface area contributed by atoms with Crippen LogP contribution in [-0.4, -0.2) is 29.3 Å². The molecule has 100 valence electrons. The van der Waals surface area contributed by atoms with Crippen molar-refractivity contribution in [2.45, 2.75) is 20.4 Å². The van der Waals surface area contributed by atoms with Gasteiger partial charge in [-0.3, -0.25) is 0 Å². The average Bonchev–Trinajstić information content (AvgIpc) is 2.38. The van der Waals surface area contributed by atoms with Crippen LogP contribution >= 0.6 is 0 Å². The average molecular weight is 251 g/mol. The minimum Gasteiger partial charge on any atom is -0.409 e. The summed E-state index contributed by atoms with van der Waals surface area (Å²) >= 11 is 0. The molecule has 0 aliphatic carbocycles. The molecule has 0 saturated carbocycles. The van der Waals surface area contributed by atoms with E-state index in [1.54, 1.807) is 0 Å². The molecule has 0 atom stereocenters. The number of amidine groups is 1. The van der Waals surface area contributed by atoms with Crippen LogP contribution in [0.15, 0.2) is 29.4 Å². The van der Waals surface area contributed by atoms with Gasteiger partial charge in [0.25, 0.3) is 0 Å². The molecule has 0 radical (unpaired) electrons. The van der Waals surface area contributed by atoms with Gasteiger partial charge in [0.15, 0.2) is 5.84 Å². The fraction of sp³-hybridized carbons (Fsp3) is 0.462. The molecular formula is C13H21N3O2. The first-order valence-electron chi connectivity index (χ1n) is 5.87. The Bertz CT molecular complexity index is 416. The van der Waals surface area contributed by atoms with E-state index in [9.17, 15) is 0 Å². The van der Waals surface area contributed by atoms with Crippen molar-refractivity contribution in [2.24, 2.45) is 16.3 Å². The maximum atomic E-state index is 9.16. The molecule has 0 aliphatic heterocycles. The molecule has 18 heavy (non-hydrogen) atoms. The Morgan fingerprint density at radius 1 is 1.39 bits per heavy atom. The van der Waals surface area contributed by atoms with Gasteiger partial charge in [-0.05, 0) is 5.56 Å². The second-order valence-corrected chi connectivity index (χ2v) is 5.07. The van der Waals surface area contributed by atoms with Crippen LogP contribution < -0.4 is 11.1 Å². The van der Waals surface area contributed by atoms with Crippen LogP contribution in [0.5, 0.6) is 0 Å². The van der Waals surface area contributed by atoms with Crippen LogP contribution in [0.2, 0.25) is 0 Å². The summed E-state index contributed by atoms with van der Waals surface area (Å²) in [7, 11) is 0. The molecule has 0 spiro atoms. The number of hydrogen-bond acceptors (Lipinski definition) is 4. The van der Waals surface area contributed by atoms with Crippen molar-refractivity contribution in [2.75, 3.05) is 13.2 Å². The summed E-state index contributed by atoms with van der Waals surface area (Å²) < 4.78 is 0. The number of oxime groups is 1. The minimum absolute atomic E-state index is 0.105. The van der Waals surface area contributed by atoms with E-state index in [2.05, 4.69) is 10.5 Å². The van der Waals surface area contributed by atoms with E-state index in [0.717, 1.165) is 5.56 Å². The van der Waals surface area contributed by atoms with Crippen LogP contribution in [0.3, 0.4) is 0 Å². The van der Waals surface area contributed by atoms with Gasteiger partial charge in [0.1, 0.15) is 0 Å². The zero-order valence-corrected chi connectivity index (χ0v) is 10.8. The van der Waals surface area contributed by atoms with Gasteiger partial charge in [0.05, 0.1) is 0 Å². The second kappa shape index (κ2) is 6.37. The molecule has 0 aliphatic rings. The molecule has 0 bridgehead atoms. The number of hydrogen-bond donors (Lipinski definition) is 4. The third-order valence-electron chi connectivity index (χ3n) is 2.75. The van der Waals surface area contributed by atoms with Crippen LogP contribution in [0.4, 0.5) is 0 Å². The van der Waals surface area contributed by atoms with Crippen molar-refractivity contribution < 1.29 is 10.3 Å². The predicted octanol–water partition coefficient (Wildman–Crippen LogP) is 0.889. The van der Waals surface area contributed by atoms with Crippen molar-refractivity contribution in [1.29, 1.82) is 0 Å². The standard InChI is InChI=1S/C13H21N3O2/c1-13(2,9-17)8-15-7-10-5-3-4-6-11(10)12(14)16-18/h3-6,15,17-18H,7-9H2,1-2H3,(H2,14,16). The summed E-state index contributed by atoms with van der Waals surface area (Å²) in [6.07, 6.45) is 0. The van der Waals surface area contributed by atoms with Crippen molar-refractivity contribution in [3.63, 3.8) is 0 Å². The first-order chi connectivity index (χ1) is 8.50. The van der Waals surface area contributed by atoms with Gasteiger partial charge in [-0.25, -0.2) is 0 Å². The van der Waals surface area contributed by atoms with Gasteiger partial charge in [-0.1, -0.05) is 43.3 Å². The molecule has 0 heterocycles. The molecular weight excluding hydrogens is 230 g/mol. The quantitative estimate of drug-likeness (QED) is 0.261. The van der Waals surface area contributed by atoms with E-state index in [0.29, 0.717) is 18.7 Å². The number of benzene rings is 1. The van der Waals surface area contributed by atoms with Crippen LogP contribution in [0, 0.1) is 5.41 Å². The SMILES string of the molecule is CC(C)(CO)CNCc1ccccc1/C(N)=N/O. The number of aliphatic hydroxyl groups is 1. The van der Waals surface area contributed by atoms with Crippen molar-refractivity contribution in [1.82, 2.24) is 5.32 Å². The van der Waals surface area contributed by atoms with Gasteiger partial charge in [-0.15, -0.1) is 0 Å². The summed E-state index contributed by atoms with van der Waals surface area (Å²) in [5.74, 6) is 0.105. The maximum Gasteiger partial charge on any atom is 0.170 e. The molecule has 0 saturated heterocycles. The summed E-state index contributed by atoms with van der Waals surface area (Å²) in [4.78, 5) is 0. The van der Waals surface area contributed by atoms with E-state index >= 15 is 0 Å². The highest BCUT2D eigenvalue weighted by atomic mass is 16.4. The van der Waals surface area contributed by atoms with Gasteiger partial charge >= 0.3 is 0 Å². The topological polar surface area (TPSA) is 90.9 Å². The molecule has 5 N–H and O–H groups in total. The molecule has 1 rings (SSSR count). The van der Waals surface area contributed by atoms with E-state index in [1.807, 2.05) is 38.1 Å². The fourth-order valence-corrected chi connectivity index (χ4v) is 1.57. The van der Waals surface area contributed by atoms with Crippen LogP contribution in [0.25, 0.3) is 0 Å². The lowest BCUT2D eigenvalue weighted by Gasteiger charge is -2.22. The fourth-order valence-electron chi connectivity index (χ4n) is 1.57. The molecule has 0 fully saturated rings. The summed E-state index contributed by atoms with van der Waals surface area (Å²) in [6.45, 7) is 5.39. The number of nitrogens with one attached hydrogen (secondary N) is 1. The molecule has 1 aromatic carbocycles. The van der Waals surface area contributed by atoms with E-state index in [4.69, 9.17) is 16.0 Å². The number of aliphatic hydroxyl groups excluding tert-OH is 1. The molecule has 0 unspecified atom stereocenters. The van der Waals surface area contributed by atoms with Crippen molar-refractivity contribution >= 4 is 5.84 Å². The molecule has 0 aromatic heterocycles. The summed E-state index contributed by atoms with van der Waals surface area (Å²) in [5.41, 5.74) is 7.13. The molecule has 1 aromatic rings. The Hall–Kier alpha value is -1.59. The monoisotopic (exact) mass is 251 g/mol. The van der Waals surface area contributed by atoms with E-state index in [-0.39, 0.29) is 17.9 Å². The van der Waals surface area contributed by atoms with E-state index < -0.39 is 0 Å². The van der Waals surface area contributed by atoms with Gasteiger partial charge in [0.2, 0.25) is 0 Å². The number of nitrogens with two attached hydrogens (primary N) is 1. The zero-order valence-electron chi connectivity index (χ0n) is 10.8. The third-order valence-corrected chi connectivity index (χ3v) is 2.75. The molecule has 5 nitrogen and oxygen atoms in total. The van der Waals surface area contributed by atoms with Crippen molar-refractivity contribution in [3.8, 4) is 0 Å². The lowest BCUT2D eigenvalue weighted by atomic mass is 9.95. The minimum atomic E-state index is -0.161. The first-order valence-corrected chi connectivity index (χ1v) is 5.87. The van der Waals surface area contributed by atoms with Gasteiger partial charge in [0, 0.05) is 30.7 Å². The first kappa shape index (κ1) is 14.5. The normalized spacial score (nSPS) is 12.7. The summed E-state index contributed by atoms with van der Waals surface area (Å²) in [6, 6.07) is 7.48. The Labute approximate surface area is 107 Å². The number of nitrogens with zero attached hydrogens (tertiary/aromatic N) is 1. The van der Waals surface area contributed by atoms with E-state index in [1.165, 1.54) is 0 Å². The second-order valence-electron chi connectivity index (χ2n) is 5.07. The molecule has 0 amide bonds. The Balaban J connectivity index is 2.68. The zero-order chi connectivity index (χ0) is 13.6. The number of rotatable bonds is 6. The van der Waals surface area contributed by atoms with Crippen molar-refractivity contribution in [3.05, 3.63) is 35.4 Å². The Morgan fingerprint density at radius 3 is 2.67 bits per heavy atom. The lowest BCUT2D eigenvalue weighted by molar-refractivity contribution is 0.156. The predicted molar refractivity (Wildman–Crippen MR) is 71.5 cm³/mol.